The summed E-state index contributed by atoms with van der Waals surface area (Å²) in [6, 6.07) is 5.22. The lowest BCUT2D eigenvalue weighted by molar-refractivity contribution is 1.60. The van der Waals surface area contributed by atoms with Crippen LogP contribution in [0.2, 0.25) is 5.02 Å². The predicted octanol–water partition coefficient (Wildman–Crippen LogP) is 2.10. The van der Waals surface area contributed by atoms with Crippen molar-refractivity contribution in [1.82, 2.24) is 0 Å². The van der Waals surface area contributed by atoms with Gasteiger partial charge in [0.05, 0.1) is 0 Å². The summed E-state index contributed by atoms with van der Waals surface area (Å²) in [4.78, 5) is 0. The third kappa shape index (κ3) is 1.61. The molecule has 0 amide bonds. The smallest absolute Gasteiger partial charge is 0.0429 e. The van der Waals surface area contributed by atoms with Crippen LogP contribution < -0.4 is 5.73 Å². The largest absolute Gasteiger partial charge is 0.399 e. The molecule has 0 saturated carbocycles. The summed E-state index contributed by atoms with van der Waals surface area (Å²) in [6.07, 6.45) is 0. The van der Waals surface area contributed by atoms with Crippen LogP contribution in [0.3, 0.4) is 0 Å². The van der Waals surface area contributed by atoms with Crippen LogP contribution in [-0.2, 0) is 0 Å². The molecule has 2 N–H and O–H groups in total. The van der Waals surface area contributed by atoms with E-state index in [1.165, 1.54) is 0 Å². The molecule has 2 heteroatoms. The Hall–Kier alpha value is -0.690. The molecular weight excluding hydrogens is 134 g/mol. The summed E-state index contributed by atoms with van der Waals surface area (Å²) < 4.78 is 0. The van der Waals surface area contributed by atoms with Crippen molar-refractivity contribution in [2.45, 2.75) is 0 Å². The zero-order valence-corrected chi connectivity index (χ0v) is 5.65. The second-order valence-corrected chi connectivity index (χ2v) is 2.33. The first kappa shape index (κ1) is 6.43. The highest BCUT2D eigenvalue weighted by molar-refractivity contribution is 6.30. The lowest BCUT2D eigenvalue weighted by Gasteiger charge is -1.95. The van der Waals surface area contributed by atoms with E-state index in [2.05, 4.69) is 6.92 Å². The van der Waals surface area contributed by atoms with Crippen LogP contribution >= 0.6 is 11.6 Å². The molecule has 1 aromatic carbocycles. The van der Waals surface area contributed by atoms with Gasteiger partial charge in [-0.1, -0.05) is 11.6 Å². The minimum Gasteiger partial charge on any atom is -0.399 e. The Morgan fingerprint density at radius 2 is 2.00 bits per heavy atom. The maximum absolute atomic E-state index is 5.63. The summed E-state index contributed by atoms with van der Waals surface area (Å²) in [5, 5.41) is 0.639. The van der Waals surface area contributed by atoms with Crippen LogP contribution in [0.1, 0.15) is 5.56 Å². The van der Waals surface area contributed by atoms with Gasteiger partial charge in [-0.05, 0) is 30.7 Å². The van der Waals surface area contributed by atoms with E-state index >= 15 is 0 Å². The third-order valence-electron chi connectivity index (χ3n) is 0.980. The van der Waals surface area contributed by atoms with Gasteiger partial charge in [-0.25, -0.2) is 0 Å². The predicted molar refractivity (Wildman–Crippen MR) is 40.3 cm³/mol. The Bertz CT molecular complexity index is 170. The van der Waals surface area contributed by atoms with Crippen molar-refractivity contribution in [3.05, 3.63) is 35.7 Å². The van der Waals surface area contributed by atoms with Crippen LogP contribution in [0.25, 0.3) is 0 Å². The number of halogens is 1. The van der Waals surface area contributed by atoms with Gasteiger partial charge in [-0.3, -0.25) is 0 Å². The number of rotatable bonds is 0. The first-order valence-corrected chi connectivity index (χ1v) is 2.94. The standard InChI is InChI=1S/C7H7ClN/c1-5-2-6(8)4-7(9)3-5/h2-4H,1,9H2. The molecule has 0 aromatic heterocycles. The molecule has 0 atom stereocenters. The summed E-state index contributed by atoms with van der Waals surface area (Å²) >= 11 is 5.63. The summed E-state index contributed by atoms with van der Waals surface area (Å²) in [6.45, 7) is 3.68. The highest BCUT2D eigenvalue weighted by atomic mass is 35.5. The zero-order valence-electron chi connectivity index (χ0n) is 4.89. The van der Waals surface area contributed by atoms with Gasteiger partial charge >= 0.3 is 0 Å². The van der Waals surface area contributed by atoms with E-state index in [0.29, 0.717) is 10.7 Å². The fraction of sp³-hybridized carbons (Fsp3) is 0. The first-order valence-electron chi connectivity index (χ1n) is 2.56. The van der Waals surface area contributed by atoms with Crippen molar-refractivity contribution in [2.24, 2.45) is 0 Å². The van der Waals surface area contributed by atoms with Gasteiger partial charge in [0.15, 0.2) is 0 Å². The Kier molecular flexibility index (Phi) is 1.63. The second kappa shape index (κ2) is 2.28. The van der Waals surface area contributed by atoms with E-state index in [1.807, 2.05) is 0 Å². The second-order valence-electron chi connectivity index (χ2n) is 1.89. The van der Waals surface area contributed by atoms with E-state index in [9.17, 15) is 0 Å². The zero-order chi connectivity index (χ0) is 6.85. The normalized spacial score (nSPS) is 9.56. The van der Waals surface area contributed by atoms with Crippen molar-refractivity contribution < 1.29 is 0 Å². The number of benzene rings is 1. The van der Waals surface area contributed by atoms with Crippen LogP contribution in [0.4, 0.5) is 5.69 Å². The number of anilines is 1. The Morgan fingerprint density at radius 3 is 2.44 bits per heavy atom. The Labute approximate surface area is 59.4 Å². The number of hydrogen-bond donors (Lipinski definition) is 1. The van der Waals surface area contributed by atoms with Crippen LogP contribution in [0.15, 0.2) is 18.2 Å². The van der Waals surface area contributed by atoms with Crippen molar-refractivity contribution in [2.75, 3.05) is 5.73 Å². The maximum atomic E-state index is 5.63. The molecule has 47 valence electrons. The molecule has 0 fully saturated rings. The van der Waals surface area contributed by atoms with Crippen LogP contribution in [0.5, 0.6) is 0 Å². The van der Waals surface area contributed by atoms with Gasteiger partial charge in [0, 0.05) is 10.7 Å². The average molecular weight is 141 g/mol. The van der Waals surface area contributed by atoms with Crippen molar-refractivity contribution >= 4 is 17.3 Å². The van der Waals surface area contributed by atoms with Crippen molar-refractivity contribution in [1.29, 1.82) is 0 Å². The van der Waals surface area contributed by atoms with E-state index in [0.717, 1.165) is 5.56 Å². The molecule has 9 heavy (non-hydrogen) atoms. The van der Waals surface area contributed by atoms with E-state index in [1.54, 1.807) is 18.2 Å². The molecule has 1 aromatic rings. The topological polar surface area (TPSA) is 26.0 Å². The Morgan fingerprint density at radius 1 is 1.33 bits per heavy atom. The lowest BCUT2D eigenvalue weighted by atomic mass is 10.2. The monoisotopic (exact) mass is 140 g/mol. The quantitative estimate of drug-likeness (QED) is 0.549. The minimum atomic E-state index is 0.639. The van der Waals surface area contributed by atoms with Gasteiger partial charge in [0.25, 0.3) is 0 Å². The van der Waals surface area contributed by atoms with E-state index in [4.69, 9.17) is 17.3 Å². The molecular formula is C7H7ClN. The van der Waals surface area contributed by atoms with Gasteiger partial charge < -0.3 is 5.73 Å². The Balaban J connectivity index is 3.17. The first-order chi connectivity index (χ1) is 4.18. The molecule has 0 aliphatic rings. The summed E-state index contributed by atoms with van der Waals surface area (Å²) in [5.41, 5.74) is 6.94. The SMILES string of the molecule is [CH2]c1cc(N)cc(Cl)c1. The highest BCUT2D eigenvalue weighted by Crippen LogP contribution is 2.14. The lowest BCUT2D eigenvalue weighted by Crippen LogP contribution is -1.84. The molecule has 0 aliphatic heterocycles. The molecule has 0 unspecified atom stereocenters. The molecule has 1 nitrogen and oxygen atoms in total. The molecule has 0 spiro atoms. The molecule has 1 radical (unpaired) electrons. The van der Waals surface area contributed by atoms with E-state index in [-0.39, 0.29) is 0 Å². The third-order valence-corrected chi connectivity index (χ3v) is 1.20. The maximum Gasteiger partial charge on any atom is 0.0429 e. The minimum absolute atomic E-state index is 0.639. The van der Waals surface area contributed by atoms with Gasteiger partial charge in [-0.2, -0.15) is 0 Å². The molecule has 0 saturated heterocycles. The van der Waals surface area contributed by atoms with Gasteiger partial charge in [-0.15, -0.1) is 0 Å². The van der Waals surface area contributed by atoms with Gasteiger partial charge in [0.2, 0.25) is 0 Å². The molecule has 0 heterocycles. The number of nitrogens with two attached hydrogens (primary N) is 1. The van der Waals surface area contributed by atoms with Crippen molar-refractivity contribution in [3.8, 4) is 0 Å². The summed E-state index contributed by atoms with van der Waals surface area (Å²) in [5.74, 6) is 0. The summed E-state index contributed by atoms with van der Waals surface area (Å²) in [7, 11) is 0. The van der Waals surface area contributed by atoms with Crippen molar-refractivity contribution in [3.63, 3.8) is 0 Å². The average Bonchev–Trinajstić information content (AvgIpc) is 1.59. The fourth-order valence-corrected chi connectivity index (χ4v) is 0.942. The van der Waals surface area contributed by atoms with Crippen LogP contribution in [0, 0.1) is 6.92 Å². The molecule has 1 rings (SSSR count). The number of nitrogen functional groups attached to an aromatic ring is 1. The van der Waals surface area contributed by atoms with Gasteiger partial charge in [0.1, 0.15) is 0 Å². The highest BCUT2D eigenvalue weighted by Gasteiger charge is 1.89. The number of hydrogen-bond acceptors (Lipinski definition) is 1. The fourth-order valence-electron chi connectivity index (χ4n) is 0.675. The molecule has 0 bridgehead atoms. The van der Waals surface area contributed by atoms with Crippen LogP contribution in [-0.4, -0.2) is 0 Å². The molecule has 0 aliphatic carbocycles. The van der Waals surface area contributed by atoms with E-state index < -0.39 is 0 Å².